The number of rotatable bonds is 5. The summed E-state index contributed by atoms with van der Waals surface area (Å²) in [6.45, 7) is 3.00. The maximum absolute atomic E-state index is 12.6. The standard InChI is InChI=1S/C20H20N2O3/c1-3-25-16-10-8-14(9-11-16)13-22(2)20(24)18-12-15-6-4-5-7-17(15)19(23)21-18/h4-12H,3,13H2,1-2H3,(H,21,23). The van der Waals surface area contributed by atoms with Crippen LogP contribution in [0.15, 0.2) is 59.4 Å². The van der Waals surface area contributed by atoms with Gasteiger partial charge in [0.1, 0.15) is 11.4 Å². The molecule has 5 heteroatoms. The van der Waals surface area contributed by atoms with Crippen molar-refractivity contribution in [3.05, 3.63) is 76.2 Å². The lowest BCUT2D eigenvalue weighted by atomic mass is 10.1. The van der Waals surface area contributed by atoms with Gasteiger partial charge in [0.05, 0.1) is 6.61 Å². The monoisotopic (exact) mass is 336 g/mol. The molecule has 1 N–H and O–H groups in total. The van der Waals surface area contributed by atoms with Gasteiger partial charge in [0, 0.05) is 19.0 Å². The number of pyridine rings is 1. The van der Waals surface area contributed by atoms with Gasteiger partial charge in [0.15, 0.2) is 0 Å². The number of benzene rings is 2. The van der Waals surface area contributed by atoms with Crippen LogP contribution in [0.1, 0.15) is 23.0 Å². The first kappa shape index (κ1) is 16.8. The number of aromatic amines is 1. The van der Waals surface area contributed by atoms with E-state index in [1.54, 1.807) is 30.1 Å². The van der Waals surface area contributed by atoms with E-state index in [4.69, 9.17) is 4.74 Å². The molecule has 0 atom stereocenters. The van der Waals surface area contributed by atoms with E-state index in [0.717, 1.165) is 16.7 Å². The highest BCUT2D eigenvalue weighted by Gasteiger charge is 2.14. The van der Waals surface area contributed by atoms with Crippen LogP contribution in [0.4, 0.5) is 0 Å². The predicted molar refractivity (Wildman–Crippen MR) is 98.0 cm³/mol. The van der Waals surface area contributed by atoms with E-state index in [2.05, 4.69) is 4.98 Å². The smallest absolute Gasteiger partial charge is 0.270 e. The quantitative estimate of drug-likeness (QED) is 0.778. The molecule has 0 radical (unpaired) electrons. The topological polar surface area (TPSA) is 62.4 Å². The lowest BCUT2D eigenvalue weighted by molar-refractivity contribution is 0.0779. The lowest BCUT2D eigenvalue weighted by Crippen LogP contribution is -2.28. The third-order valence-corrected chi connectivity index (χ3v) is 3.98. The van der Waals surface area contributed by atoms with E-state index in [1.807, 2.05) is 43.3 Å². The highest BCUT2D eigenvalue weighted by atomic mass is 16.5. The van der Waals surface area contributed by atoms with Gasteiger partial charge < -0.3 is 14.6 Å². The van der Waals surface area contributed by atoms with E-state index in [0.29, 0.717) is 18.5 Å². The van der Waals surface area contributed by atoms with Crippen molar-refractivity contribution in [2.75, 3.05) is 13.7 Å². The Kier molecular flexibility index (Phi) is 4.84. The first-order chi connectivity index (χ1) is 12.1. The summed E-state index contributed by atoms with van der Waals surface area (Å²) >= 11 is 0. The number of ether oxygens (including phenoxy) is 1. The molecule has 3 rings (SSSR count). The summed E-state index contributed by atoms with van der Waals surface area (Å²) in [7, 11) is 1.71. The lowest BCUT2D eigenvalue weighted by Gasteiger charge is -2.17. The summed E-state index contributed by atoms with van der Waals surface area (Å²) in [6, 6.07) is 16.6. The molecule has 3 aromatic rings. The second-order valence-corrected chi connectivity index (χ2v) is 5.84. The minimum absolute atomic E-state index is 0.225. The normalized spacial score (nSPS) is 10.6. The number of nitrogens with zero attached hydrogens (tertiary/aromatic N) is 1. The molecule has 5 nitrogen and oxygen atoms in total. The average molecular weight is 336 g/mol. The summed E-state index contributed by atoms with van der Waals surface area (Å²) in [5.41, 5.74) is 1.02. The first-order valence-electron chi connectivity index (χ1n) is 8.17. The third-order valence-electron chi connectivity index (χ3n) is 3.98. The molecule has 0 saturated heterocycles. The maximum Gasteiger partial charge on any atom is 0.270 e. The van der Waals surface area contributed by atoms with Crippen LogP contribution in [0.2, 0.25) is 0 Å². The van der Waals surface area contributed by atoms with E-state index in [1.165, 1.54) is 0 Å². The fraction of sp³-hybridized carbons (Fsp3) is 0.200. The molecular formula is C20H20N2O3. The summed E-state index contributed by atoms with van der Waals surface area (Å²) < 4.78 is 5.42. The van der Waals surface area contributed by atoms with Crippen LogP contribution >= 0.6 is 0 Å². The zero-order valence-electron chi connectivity index (χ0n) is 14.3. The molecule has 0 aliphatic rings. The zero-order valence-corrected chi connectivity index (χ0v) is 14.3. The minimum Gasteiger partial charge on any atom is -0.494 e. The Bertz CT molecular complexity index is 945. The van der Waals surface area contributed by atoms with Crippen LogP contribution in [0.5, 0.6) is 5.75 Å². The molecule has 0 saturated carbocycles. The second-order valence-electron chi connectivity index (χ2n) is 5.84. The van der Waals surface area contributed by atoms with E-state index >= 15 is 0 Å². The van der Waals surface area contributed by atoms with Crippen molar-refractivity contribution in [3.63, 3.8) is 0 Å². The molecule has 1 aromatic heterocycles. The number of fused-ring (bicyclic) bond motifs is 1. The number of hydrogen-bond acceptors (Lipinski definition) is 3. The number of amides is 1. The van der Waals surface area contributed by atoms with Crippen LogP contribution < -0.4 is 10.3 Å². The number of H-pyrrole nitrogens is 1. The van der Waals surface area contributed by atoms with Gasteiger partial charge in [-0.1, -0.05) is 30.3 Å². The van der Waals surface area contributed by atoms with Gasteiger partial charge in [-0.3, -0.25) is 9.59 Å². The fourth-order valence-electron chi connectivity index (χ4n) is 2.74. The van der Waals surface area contributed by atoms with Gasteiger partial charge in [0.25, 0.3) is 11.5 Å². The molecule has 1 heterocycles. The number of nitrogens with one attached hydrogen (secondary N) is 1. The summed E-state index contributed by atoms with van der Waals surface area (Å²) in [5.74, 6) is 0.579. The second kappa shape index (κ2) is 7.21. The molecule has 0 unspecified atom stereocenters. The summed E-state index contributed by atoms with van der Waals surface area (Å²) in [4.78, 5) is 29.0. The minimum atomic E-state index is -0.254. The van der Waals surface area contributed by atoms with E-state index < -0.39 is 0 Å². The van der Waals surface area contributed by atoms with Crippen molar-refractivity contribution in [2.24, 2.45) is 0 Å². The number of carbonyl (C=O) groups is 1. The number of aromatic nitrogens is 1. The van der Waals surface area contributed by atoms with Crippen molar-refractivity contribution >= 4 is 16.7 Å². The van der Waals surface area contributed by atoms with E-state index in [-0.39, 0.29) is 17.2 Å². The van der Waals surface area contributed by atoms with E-state index in [9.17, 15) is 9.59 Å². The van der Waals surface area contributed by atoms with Crippen molar-refractivity contribution < 1.29 is 9.53 Å². The first-order valence-corrected chi connectivity index (χ1v) is 8.17. The van der Waals surface area contributed by atoms with Crippen LogP contribution in [0, 0.1) is 0 Å². The van der Waals surface area contributed by atoms with Crippen LogP contribution in [0.3, 0.4) is 0 Å². The predicted octanol–water partition coefficient (Wildman–Crippen LogP) is 3.20. The Balaban J connectivity index is 1.79. The van der Waals surface area contributed by atoms with Crippen LogP contribution in [-0.4, -0.2) is 29.4 Å². The van der Waals surface area contributed by atoms with Crippen molar-refractivity contribution in [1.82, 2.24) is 9.88 Å². The molecule has 0 spiro atoms. The van der Waals surface area contributed by atoms with Gasteiger partial charge in [-0.15, -0.1) is 0 Å². The highest BCUT2D eigenvalue weighted by Crippen LogP contribution is 2.15. The fourth-order valence-corrected chi connectivity index (χ4v) is 2.74. The van der Waals surface area contributed by atoms with Crippen molar-refractivity contribution in [1.29, 1.82) is 0 Å². The SMILES string of the molecule is CCOc1ccc(CN(C)C(=O)c2cc3ccccc3c(=O)[nH]2)cc1. The average Bonchev–Trinajstić information content (AvgIpc) is 2.63. The molecule has 1 amide bonds. The molecule has 0 aliphatic carbocycles. The molecular weight excluding hydrogens is 316 g/mol. The Morgan fingerprint density at radius 3 is 2.56 bits per heavy atom. The number of carbonyl (C=O) groups excluding carboxylic acids is 1. The van der Waals surface area contributed by atoms with Gasteiger partial charge >= 0.3 is 0 Å². The van der Waals surface area contributed by atoms with Crippen molar-refractivity contribution in [2.45, 2.75) is 13.5 Å². The Morgan fingerprint density at radius 2 is 1.84 bits per heavy atom. The van der Waals surface area contributed by atoms with Gasteiger partial charge in [-0.2, -0.15) is 0 Å². The molecule has 25 heavy (non-hydrogen) atoms. The molecule has 0 aliphatic heterocycles. The van der Waals surface area contributed by atoms with Crippen LogP contribution in [0.25, 0.3) is 10.8 Å². The van der Waals surface area contributed by atoms with Gasteiger partial charge in [-0.25, -0.2) is 0 Å². The maximum atomic E-state index is 12.6. The summed E-state index contributed by atoms with van der Waals surface area (Å²) in [5, 5.41) is 1.33. The zero-order chi connectivity index (χ0) is 17.8. The molecule has 128 valence electrons. The molecule has 2 aromatic carbocycles. The Morgan fingerprint density at radius 1 is 1.12 bits per heavy atom. The van der Waals surface area contributed by atoms with Crippen LogP contribution in [-0.2, 0) is 6.54 Å². The van der Waals surface area contributed by atoms with Gasteiger partial charge in [0.2, 0.25) is 0 Å². The van der Waals surface area contributed by atoms with Crippen molar-refractivity contribution in [3.8, 4) is 5.75 Å². The highest BCUT2D eigenvalue weighted by molar-refractivity contribution is 5.96. The number of hydrogen-bond donors (Lipinski definition) is 1. The largest absolute Gasteiger partial charge is 0.494 e. The molecule has 0 bridgehead atoms. The van der Waals surface area contributed by atoms with Gasteiger partial charge in [-0.05, 0) is 42.1 Å². The Hall–Kier alpha value is -3.08. The summed E-state index contributed by atoms with van der Waals surface area (Å²) in [6.07, 6.45) is 0. The third kappa shape index (κ3) is 3.71. The molecule has 0 fully saturated rings. The Labute approximate surface area is 145 Å².